The zero-order valence-electron chi connectivity index (χ0n) is 10.2. The number of aliphatic hydroxyl groups is 1. The number of ether oxygens (including phenoxy) is 1. The van der Waals surface area contributed by atoms with Crippen molar-refractivity contribution in [3.8, 4) is 0 Å². The number of unbranched alkanes of at least 4 members (excludes halogenated alkanes) is 1. The minimum atomic E-state index is -0.252. The van der Waals surface area contributed by atoms with Gasteiger partial charge in [-0.25, -0.2) is 0 Å². The summed E-state index contributed by atoms with van der Waals surface area (Å²) in [6.45, 7) is 2.16. The highest BCUT2D eigenvalue weighted by molar-refractivity contribution is 4.79. The van der Waals surface area contributed by atoms with Crippen molar-refractivity contribution in [3.05, 3.63) is 0 Å². The number of hydrogen-bond donors (Lipinski definition) is 1. The fourth-order valence-corrected chi connectivity index (χ4v) is 2.70. The van der Waals surface area contributed by atoms with E-state index >= 15 is 0 Å². The maximum atomic E-state index is 10.1. The molecule has 2 nitrogen and oxygen atoms in total. The zero-order valence-corrected chi connectivity index (χ0v) is 10.2. The van der Waals surface area contributed by atoms with Crippen LogP contribution in [-0.2, 0) is 4.74 Å². The standard InChI is InChI=1S/C13H26O2/c1-3-4-10-12(14)13(15-2)11-8-6-5-7-9-11/h11-14H,3-10H2,1-2H3. The second-order valence-corrected chi connectivity index (χ2v) is 4.81. The predicted octanol–water partition coefficient (Wildman–Crippen LogP) is 3.13. The molecule has 0 amide bonds. The van der Waals surface area contributed by atoms with Crippen LogP contribution in [0.25, 0.3) is 0 Å². The van der Waals surface area contributed by atoms with E-state index in [9.17, 15) is 5.11 Å². The Labute approximate surface area is 94.0 Å². The van der Waals surface area contributed by atoms with Gasteiger partial charge in [-0.05, 0) is 25.2 Å². The van der Waals surface area contributed by atoms with Gasteiger partial charge in [0, 0.05) is 7.11 Å². The summed E-state index contributed by atoms with van der Waals surface area (Å²) in [5, 5.41) is 10.1. The summed E-state index contributed by atoms with van der Waals surface area (Å²) in [5.41, 5.74) is 0. The van der Waals surface area contributed by atoms with Crippen LogP contribution >= 0.6 is 0 Å². The Kier molecular flexibility index (Phi) is 6.26. The van der Waals surface area contributed by atoms with Gasteiger partial charge in [0.05, 0.1) is 12.2 Å². The lowest BCUT2D eigenvalue weighted by Gasteiger charge is -2.32. The molecule has 0 aromatic rings. The predicted molar refractivity (Wildman–Crippen MR) is 62.9 cm³/mol. The summed E-state index contributed by atoms with van der Waals surface area (Å²) in [6, 6.07) is 0. The van der Waals surface area contributed by atoms with Crippen LogP contribution in [0.15, 0.2) is 0 Å². The first kappa shape index (κ1) is 13.0. The van der Waals surface area contributed by atoms with Crippen LogP contribution in [0.2, 0.25) is 0 Å². The van der Waals surface area contributed by atoms with Gasteiger partial charge >= 0.3 is 0 Å². The van der Waals surface area contributed by atoms with Crippen molar-refractivity contribution in [1.29, 1.82) is 0 Å². The Balaban J connectivity index is 2.37. The molecule has 0 saturated heterocycles. The minimum absolute atomic E-state index is 0.0804. The Morgan fingerprint density at radius 2 is 1.93 bits per heavy atom. The molecule has 90 valence electrons. The number of rotatable bonds is 6. The fourth-order valence-electron chi connectivity index (χ4n) is 2.70. The van der Waals surface area contributed by atoms with E-state index in [2.05, 4.69) is 6.92 Å². The van der Waals surface area contributed by atoms with E-state index in [1.807, 2.05) is 0 Å². The van der Waals surface area contributed by atoms with Crippen molar-refractivity contribution in [3.63, 3.8) is 0 Å². The molecule has 0 heterocycles. The first-order chi connectivity index (χ1) is 7.29. The summed E-state index contributed by atoms with van der Waals surface area (Å²) in [4.78, 5) is 0. The summed E-state index contributed by atoms with van der Waals surface area (Å²) in [6.07, 6.45) is 9.43. The summed E-state index contributed by atoms with van der Waals surface area (Å²) >= 11 is 0. The first-order valence-electron chi connectivity index (χ1n) is 6.50. The average Bonchev–Trinajstić information content (AvgIpc) is 2.29. The van der Waals surface area contributed by atoms with Gasteiger partial charge in [0.25, 0.3) is 0 Å². The van der Waals surface area contributed by atoms with Gasteiger partial charge in [0.1, 0.15) is 0 Å². The topological polar surface area (TPSA) is 29.5 Å². The molecule has 1 aliphatic carbocycles. The van der Waals surface area contributed by atoms with Gasteiger partial charge in [-0.2, -0.15) is 0 Å². The molecule has 15 heavy (non-hydrogen) atoms. The Morgan fingerprint density at radius 3 is 2.47 bits per heavy atom. The van der Waals surface area contributed by atoms with E-state index in [4.69, 9.17) is 4.74 Å². The lowest BCUT2D eigenvalue weighted by molar-refractivity contribution is -0.0576. The van der Waals surface area contributed by atoms with E-state index in [-0.39, 0.29) is 12.2 Å². The van der Waals surface area contributed by atoms with E-state index in [0.717, 1.165) is 19.3 Å². The molecule has 1 fully saturated rings. The molecule has 0 spiro atoms. The van der Waals surface area contributed by atoms with Crippen LogP contribution in [0.5, 0.6) is 0 Å². The van der Waals surface area contributed by atoms with Crippen molar-refractivity contribution in [2.24, 2.45) is 5.92 Å². The molecule has 0 bridgehead atoms. The molecular weight excluding hydrogens is 188 g/mol. The second-order valence-electron chi connectivity index (χ2n) is 4.81. The average molecular weight is 214 g/mol. The normalized spacial score (nSPS) is 22.6. The van der Waals surface area contributed by atoms with Gasteiger partial charge in [0.15, 0.2) is 0 Å². The molecule has 2 atom stereocenters. The lowest BCUT2D eigenvalue weighted by Crippen LogP contribution is -2.36. The van der Waals surface area contributed by atoms with Crippen molar-refractivity contribution in [2.45, 2.75) is 70.5 Å². The Hall–Kier alpha value is -0.0800. The third-order valence-corrected chi connectivity index (χ3v) is 3.62. The fraction of sp³-hybridized carbons (Fsp3) is 1.00. The van der Waals surface area contributed by atoms with E-state index in [0.29, 0.717) is 5.92 Å². The van der Waals surface area contributed by atoms with Gasteiger partial charge in [-0.1, -0.05) is 39.0 Å². The number of aliphatic hydroxyl groups excluding tert-OH is 1. The summed E-state index contributed by atoms with van der Waals surface area (Å²) in [5.74, 6) is 0.593. The van der Waals surface area contributed by atoms with Crippen LogP contribution in [0.4, 0.5) is 0 Å². The van der Waals surface area contributed by atoms with Crippen LogP contribution in [0.3, 0.4) is 0 Å². The third-order valence-electron chi connectivity index (χ3n) is 3.62. The first-order valence-corrected chi connectivity index (χ1v) is 6.50. The summed E-state index contributed by atoms with van der Waals surface area (Å²) in [7, 11) is 1.74. The highest BCUT2D eigenvalue weighted by Crippen LogP contribution is 2.30. The molecule has 1 N–H and O–H groups in total. The molecule has 0 radical (unpaired) electrons. The van der Waals surface area contributed by atoms with Crippen LogP contribution in [-0.4, -0.2) is 24.4 Å². The van der Waals surface area contributed by atoms with Gasteiger partial charge in [0.2, 0.25) is 0 Å². The lowest BCUT2D eigenvalue weighted by atomic mass is 9.82. The Morgan fingerprint density at radius 1 is 1.27 bits per heavy atom. The van der Waals surface area contributed by atoms with Gasteiger partial charge < -0.3 is 9.84 Å². The quantitative estimate of drug-likeness (QED) is 0.736. The van der Waals surface area contributed by atoms with Crippen LogP contribution in [0, 0.1) is 5.92 Å². The highest BCUT2D eigenvalue weighted by atomic mass is 16.5. The van der Waals surface area contributed by atoms with Gasteiger partial charge in [-0.15, -0.1) is 0 Å². The molecule has 0 aliphatic heterocycles. The van der Waals surface area contributed by atoms with Crippen molar-refractivity contribution >= 4 is 0 Å². The third kappa shape index (κ3) is 4.12. The Bertz CT molecular complexity index is 153. The minimum Gasteiger partial charge on any atom is -0.390 e. The molecule has 1 aliphatic rings. The SMILES string of the molecule is CCCCC(O)C(OC)C1CCCCC1. The second kappa shape index (κ2) is 7.24. The molecular formula is C13H26O2. The molecule has 2 heteroatoms. The van der Waals surface area contributed by atoms with Crippen molar-refractivity contribution in [2.75, 3.05) is 7.11 Å². The maximum Gasteiger partial charge on any atom is 0.0858 e. The monoisotopic (exact) mass is 214 g/mol. The molecule has 2 unspecified atom stereocenters. The van der Waals surface area contributed by atoms with Crippen molar-refractivity contribution < 1.29 is 9.84 Å². The molecule has 0 aromatic heterocycles. The molecule has 1 saturated carbocycles. The summed E-state index contributed by atoms with van der Waals surface area (Å²) < 4.78 is 5.50. The highest BCUT2D eigenvalue weighted by Gasteiger charge is 2.28. The molecule has 0 aromatic carbocycles. The number of methoxy groups -OCH3 is 1. The smallest absolute Gasteiger partial charge is 0.0858 e. The van der Waals surface area contributed by atoms with Crippen LogP contribution in [0.1, 0.15) is 58.3 Å². The van der Waals surface area contributed by atoms with Gasteiger partial charge in [-0.3, -0.25) is 0 Å². The van der Waals surface area contributed by atoms with E-state index in [1.54, 1.807) is 7.11 Å². The number of hydrogen-bond acceptors (Lipinski definition) is 2. The van der Waals surface area contributed by atoms with E-state index < -0.39 is 0 Å². The maximum absolute atomic E-state index is 10.1. The largest absolute Gasteiger partial charge is 0.390 e. The van der Waals surface area contributed by atoms with Crippen LogP contribution < -0.4 is 0 Å². The van der Waals surface area contributed by atoms with Crippen molar-refractivity contribution in [1.82, 2.24) is 0 Å². The van der Waals surface area contributed by atoms with E-state index in [1.165, 1.54) is 32.1 Å². The molecule has 1 rings (SSSR count). The zero-order chi connectivity index (χ0) is 11.1.